The Hall–Kier alpha value is -2.51. The summed E-state index contributed by atoms with van der Waals surface area (Å²) in [6.07, 6.45) is -2.89. The summed E-state index contributed by atoms with van der Waals surface area (Å²) in [5.41, 5.74) is 0.878. The van der Waals surface area contributed by atoms with E-state index in [9.17, 15) is 22.8 Å². The van der Waals surface area contributed by atoms with Crippen molar-refractivity contribution in [2.75, 3.05) is 13.2 Å². The summed E-state index contributed by atoms with van der Waals surface area (Å²) in [5.74, 6) is -1.54. The second kappa shape index (κ2) is 7.01. The van der Waals surface area contributed by atoms with E-state index in [-0.39, 0.29) is 11.6 Å². The standard InChI is InChI=1S/C18H19F3N2O3/c1-11(12-6-7-12)23(10-18(19,20)21)16(24)9-26-17(25)15-8-13-4-2-3-5-14(13)22-15/h2-5,8,11-12,22H,6-7,9-10H2,1H3/t11-/m1/s1. The van der Waals surface area contributed by atoms with Crippen LogP contribution in [0.2, 0.25) is 0 Å². The van der Waals surface area contributed by atoms with E-state index in [4.69, 9.17) is 4.74 Å². The molecule has 1 N–H and O–H groups in total. The molecule has 2 aromatic rings. The third-order valence-electron chi connectivity index (χ3n) is 4.54. The van der Waals surface area contributed by atoms with Gasteiger partial charge in [0.25, 0.3) is 5.91 Å². The number of esters is 1. The van der Waals surface area contributed by atoms with Gasteiger partial charge in [-0.3, -0.25) is 4.79 Å². The Bertz CT molecular complexity index is 778. The van der Waals surface area contributed by atoms with Crippen LogP contribution in [0, 0.1) is 5.92 Å². The number of halogens is 3. The molecule has 1 atom stereocenters. The average molecular weight is 368 g/mol. The molecule has 140 valence electrons. The maximum absolute atomic E-state index is 12.8. The van der Waals surface area contributed by atoms with Crippen LogP contribution in [0.25, 0.3) is 10.9 Å². The van der Waals surface area contributed by atoms with Crippen LogP contribution >= 0.6 is 0 Å². The molecule has 8 heteroatoms. The molecule has 26 heavy (non-hydrogen) atoms. The predicted molar refractivity (Wildman–Crippen MR) is 88.5 cm³/mol. The molecule has 0 unspecified atom stereocenters. The molecule has 1 heterocycles. The number of benzene rings is 1. The summed E-state index contributed by atoms with van der Waals surface area (Å²) >= 11 is 0. The van der Waals surface area contributed by atoms with Gasteiger partial charge >= 0.3 is 12.1 Å². The lowest BCUT2D eigenvalue weighted by atomic mass is 10.2. The number of nitrogens with one attached hydrogen (secondary N) is 1. The van der Waals surface area contributed by atoms with Gasteiger partial charge in [0.15, 0.2) is 6.61 Å². The fraction of sp³-hybridized carbons (Fsp3) is 0.444. The number of fused-ring (bicyclic) bond motifs is 1. The number of alkyl halides is 3. The van der Waals surface area contributed by atoms with Crippen LogP contribution in [0.1, 0.15) is 30.3 Å². The number of aromatic nitrogens is 1. The minimum atomic E-state index is -4.50. The quantitative estimate of drug-likeness (QED) is 0.794. The fourth-order valence-electron chi connectivity index (χ4n) is 2.96. The first kappa shape index (κ1) is 18.3. The van der Waals surface area contributed by atoms with E-state index in [0.717, 1.165) is 28.6 Å². The zero-order valence-corrected chi connectivity index (χ0v) is 14.2. The average Bonchev–Trinajstić information content (AvgIpc) is 3.34. The topological polar surface area (TPSA) is 62.4 Å². The molecule has 1 aromatic heterocycles. The van der Waals surface area contributed by atoms with Crippen LogP contribution in [-0.4, -0.2) is 47.1 Å². The Morgan fingerprint density at radius 2 is 2.00 bits per heavy atom. The Kier molecular flexibility index (Phi) is 4.93. The Balaban J connectivity index is 1.63. The predicted octanol–water partition coefficient (Wildman–Crippen LogP) is 3.51. The lowest BCUT2D eigenvalue weighted by molar-refractivity contribution is -0.167. The highest BCUT2D eigenvalue weighted by atomic mass is 19.4. The van der Waals surface area contributed by atoms with Crippen molar-refractivity contribution in [3.63, 3.8) is 0 Å². The van der Waals surface area contributed by atoms with Gasteiger partial charge in [0, 0.05) is 16.9 Å². The smallest absolute Gasteiger partial charge is 0.406 e. The number of rotatable bonds is 6. The first-order chi connectivity index (χ1) is 12.2. The molecule has 0 aliphatic heterocycles. The Labute approximate surface area is 148 Å². The second-order valence-corrected chi connectivity index (χ2v) is 6.56. The van der Waals surface area contributed by atoms with E-state index in [0.29, 0.717) is 0 Å². The lowest BCUT2D eigenvalue weighted by Gasteiger charge is -2.30. The summed E-state index contributed by atoms with van der Waals surface area (Å²) in [6.45, 7) is -0.463. The van der Waals surface area contributed by atoms with Crippen LogP contribution in [0.15, 0.2) is 30.3 Å². The largest absolute Gasteiger partial charge is 0.451 e. The van der Waals surface area contributed by atoms with Crippen LogP contribution in [0.4, 0.5) is 13.2 Å². The van der Waals surface area contributed by atoms with Crippen molar-refractivity contribution in [2.24, 2.45) is 5.92 Å². The number of carbonyl (C=O) groups is 2. The van der Waals surface area contributed by atoms with E-state index in [1.165, 1.54) is 0 Å². The highest BCUT2D eigenvalue weighted by molar-refractivity contribution is 5.95. The van der Waals surface area contributed by atoms with Gasteiger partial charge in [-0.25, -0.2) is 4.79 Å². The molecular formula is C18H19F3N2O3. The Morgan fingerprint density at radius 3 is 2.62 bits per heavy atom. The first-order valence-corrected chi connectivity index (χ1v) is 8.36. The second-order valence-electron chi connectivity index (χ2n) is 6.56. The number of hydrogen-bond donors (Lipinski definition) is 1. The van der Waals surface area contributed by atoms with Crippen molar-refractivity contribution in [1.82, 2.24) is 9.88 Å². The van der Waals surface area contributed by atoms with Crippen molar-refractivity contribution in [3.8, 4) is 0 Å². The van der Waals surface area contributed by atoms with E-state index >= 15 is 0 Å². The van der Waals surface area contributed by atoms with Gasteiger partial charge in [-0.05, 0) is 37.8 Å². The molecule has 1 fully saturated rings. The fourth-order valence-corrected chi connectivity index (χ4v) is 2.96. The number of nitrogens with zero attached hydrogens (tertiary/aromatic N) is 1. The number of ether oxygens (including phenoxy) is 1. The summed E-state index contributed by atoms with van der Waals surface area (Å²) in [7, 11) is 0. The molecular weight excluding hydrogens is 349 g/mol. The van der Waals surface area contributed by atoms with Gasteiger partial charge in [0.2, 0.25) is 0 Å². The molecule has 0 saturated heterocycles. The van der Waals surface area contributed by atoms with Crippen LogP contribution < -0.4 is 0 Å². The maximum atomic E-state index is 12.8. The van der Waals surface area contributed by atoms with Crippen molar-refractivity contribution in [1.29, 1.82) is 0 Å². The van der Waals surface area contributed by atoms with E-state index in [1.807, 2.05) is 6.07 Å². The third kappa shape index (κ3) is 4.36. The minimum absolute atomic E-state index is 0.0747. The van der Waals surface area contributed by atoms with E-state index in [2.05, 4.69) is 4.98 Å². The highest BCUT2D eigenvalue weighted by Crippen LogP contribution is 2.36. The monoisotopic (exact) mass is 368 g/mol. The maximum Gasteiger partial charge on any atom is 0.406 e. The van der Waals surface area contributed by atoms with Crippen molar-refractivity contribution in [2.45, 2.75) is 32.0 Å². The molecule has 1 aromatic carbocycles. The lowest BCUT2D eigenvalue weighted by Crippen LogP contribution is -2.47. The van der Waals surface area contributed by atoms with Gasteiger partial charge in [-0.2, -0.15) is 13.2 Å². The zero-order valence-electron chi connectivity index (χ0n) is 14.2. The van der Waals surface area contributed by atoms with Crippen LogP contribution in [-0.2, 0) is 9.53 Å². The van der Waals surface area contributed by atoms with Crippen molar-refractivity contribution < 1.29 is 27.5 Å². The van der Waals surface area contributed by atoms with Gasteiger partial charge in [0.05, 0.1) is 0 Å². The molecule has 0 radical (unpaired) electrons. The van der Waals surface area contributed by atoms with Crippen LogP contribution in [0.3, 0.4) is 0 Å². The minimum Gasteiger partial charge on any atom is -0.451 e. The molecule has 0 spiro atoms. The van der Waals surface area contributed by atoms with Gasteiger partial charge in [-0.15, -0.1) is 0 Å². The summed E-state index contributed by atoms with van der Waals surface area (Å²) in [5, 5.41) is 0.798. The number of aromatic amines is 1. The molecule has 1 aliphatic rings. The zero-order chi connectivity index (χ0) is 18.9. The number of carbonyl (C=O) groups excluding carboxylic acids is 2. The SMILES string of the molecule is C[C@H](C1CC1)N(CC(F)(F)F)C(=O)COC(=O)c1cc2ccccc2[nH]1. The number of H-pyrrole nitrogens is 1. The molecule has 1 amide bonds. The van der Waals surface area contributed by atoms with Gasteiger partial charge < -0.3 is 14.6 Å². The number of para-hydroxylation sites is 1. The normalized spacial score (nSPS) is 15.7. The summed E-state index contributed by atoms with van der Waals surface area (Å²) in [4.78, 5) is 28.0. The third-order valence-corrected chi connectivity index (χ3v) is 4.54. The van der Waals surface area contributed by atoms with Crippen LogP contribution in [0.5, 0.6) is 0 Å². The first-order valence-electron chi connectivity index (χ1n) is 8.36. The van der Waals surface area contributed by atoms with Crippen molar-refractivity contribution in [3.05, 3.63) is 36.0 Å². The van der Waals surface area contributed by atoms with E-state index < -0.39 is 37.2 Å². The summed E-state index contributed by atoms with van der Waals surface area (Å²) < 4.78 is 43.3. The highest BCUT2D eigenvalue weighted by Gasteiger charge is 2.40. The van der Waals surface area contributed by atoms with Crippen molar-refractivity contribution >= 4 is 22.8 Å². The van der Waals surface area contributed by atoms with Gasteiger partial charge in [-0.1, -0.05) is 18.2 Å². The molecule has 1 aliphatic carbocycles. The molecule has 3 rings (SSSR count). The molecule has 0 bridgehead atoms. The Morgan fingerprint density at radius 1 is 1.31 bits per heavy atom. The molecule has 1 saturated carbocycles. The number of hydrogen-bond acceptors (Lipinski definition) is 3. The molecule has 5 nitrogen and oxygen atoms in total. The van der Waals surface area contributed by atoms with E-state index in [1.54, 1.807) is 31.2 Å². The number of amides is 1. The summed E-state index contributed by atoms with van der Waals surface area (Å²) in [6, 6.07) is 8.23. The van der Waals surface area contributed by atoms with Gasteiger partial charge in [0.1, 0.15) is 12.2 Å².